The van der Waals surface area contributed by atoms with Gasteiger partial charge in [0.15, 0.2) is 0 Å². The van der Waals surface area contributed by atoms with Crippen LogP contribution in [0.25, 0.3) is 0 Å². The Labute approximate surface area is 176 Å². The Balaban J connectivity index is 1.51. The Bertz CT molecular complexity index is 921. The Hall–Kier alpha value is -2.25. The molecular weight excluding hydrogens is 386 g/mol. The predicted octanol–water partition coefficient (Wildman–Crippen LogP) is 2.98. The number of nitrogens with zero attached hydrogens (tertiary/aromatic N) is 5. The van der Waals surface area contributed by atoms with E-state index in [-0.39, 0.29) is 5.41 Å². The van der Waals surface area contributed by atoms with Gasteiger partial charge in [-0.15, -0.1) is 0 Å². The predicted molar refractivity (Wildman–Crippen MR) is 116 cm³/mol. The van der Waals surface area contributed by atoms with Crippen molar-refractivity contribution >= 4 is 23.5 Å². The first-order chi connectivity index (χ1) is 14.1. The number of hydrogen-bond acceptors (Lipinski definition) is 6. The quantitative estimate of drug-likeness (QED) is 0.562. The van der Waals surface area contributed by atoms with Gasteiger partial charge in [0.2, 0.25) is 0 Å². The molecule has 6 rings (SSSR count). The maximum Gasteiger partial charge on any atom is 0.119 e. The number of hydrogen-bond donors (Lipinski definition) is 0. The number of rotatable bonds is 5. The lowest BCUT2D eigenvalue weighted by Gasteiger charge is -2.60. The molecule has 0 spiro atoms. The molecule has 2 aromatic rings. The monoisotopic (exact) mass is 409 g/mol. The average molecular weight is 410 g/mol. The third-order valence-electron chi connectivity index (χ3n) is 5.86. The summed E-state index contributed by atoms with van der Waals surface area (Å²) in [6, 6.07) is 15.8. The molecule has 0 unspecified atom stereocenters. The van der Waals surface area contributed by atoms with Crippen molar-refractivity contribution in [1.82, 2.24) is 14.7 Å². The summed E-state index contributed by atoms with van der Waals surface area (Å²) >= 11 is 6.14. The highest BCUT2D eigenvalue weighted by Crippen LogP contribution is 2.38. The molecule has 0 N–H and O–H groups in total. The summed E-state index contributed by atoms with van der Waals surface area (Å²) in [6.07, 6.45) is 1.79. The largest absolute Gasteiger partial charge is 0.497 e. The van der Waals surface area contributed by atoms with E-state index in [9.17, 15) is 0 Å². The van der Waals surface area contributed by atoms with Gasteiger partial charge in [-0.3, -0.25) is 14.7 Å². The minimum Gasteiger partial charge on any atom is -0.497 e. The van der Waals surface area contributed by atoms with Crippen molar-refractivity contribution in [2.45, 2.75) is 0 Å². The molecule has 4 bridgehead atoms. The molecule has 2 aromatic carbocycles. The lowest BCUT2D eigenvalue weighted by Crippen LogP contribution is -2.74. The molecule has 4 aliphatic heterocycles. The van der Waals surface area contributed by atoms with Crippen molar-refractivity contribution in [3.8, 4) is 5.75 Å². The average Bonchev–Trinajstić information content (AvgIpc) is 2.71. The normalized spacial score (nSPS) is 30.8. The van der Waals surface area contributed by atoms with Crippen LogP contribution in [-0.2, 0) is 0 Å². The molecule has 0 saturated carbocycles. The summed E-state index contributed by atoms with van der Waals surface area (Å²) in [6.45, 7) is 6.15. The van der Waals surface area contributed by atoms with Crippen molar-refractivity contribution in [2.75, 3.05) is 46.8 Å². The second kappa shape index (κ2) is 7.54. The first-order valence-corrected chi connectivity index (χ1v) is 10.2. The molecule has 0 amide bonds. The molecule has 0 aromatic heterocycles. The van der Waals surface area contributed by atoms with E-state index in [1.165, 1.54) is 0 Å². The third kappa shape index (κ3) is 3.69. The Morgan fingerprint density at radius 1 is 1.00 bits per heavy atom. The van der Waals surface area contributed by atoms with Crippen LogP contribution in [0.1, 0.15) is 11.1 Å². The molecule has 6 nitrogen and oxygen atoms in total. The fourth-order valence-corrected chi connectivity index (χ4v) is 5.02. The van der Waals surface area contributed by atoms with Gasteiger partial charge in [-0.1, -0.05) is 35.9 Å². The molecule has 4 heterocycles. The van der Waals surface area contributed by atoms with E-state index in [0.717, 1.165) is 67.3 Å². The zero-order valence-electron chi connectivity index (χ0n) is 16.5. The van der Waals surface area contributed by atoms with Crippen LogP contribution in [0.15, 0.2) is 58.7 Å². The first-order valence-electron chi connectivity index (χ1n) is 9.82. The van der Waals surface area contributed by atoms with E-state index in [1.807, 2.05) is 36.4 Å². The van der Waals surface area contributed by atoms with E-state index < -0.39 is 0 Å². The Morgan fingerprint density at radius 2 is 1.66 bits per heavy atom. The smallest absolute Gasteiger partial charge is 0.119 e. The van der Waals surface area contributed by atoms with Gasteiger partial charge in [0.1, 0.15) is 5.75 Å². The Kier molecular flexibility index (Phi) is 4.87. The van der Waals surface area contributed by atoms with E-state index in [0.29, 0.717) is 0 Å². The molecule has 0 radical (unpaired) electrons. The zero-order chi connectivity index (χ0) is 19.8. The van der Waals surface area contributed by atoms with Crippen LogP contribution in [0.4, 0.5) is 0 Å². The summed E-state index contributed by atoms with van der Waals surface area (Å²) in [5.74, 6) is 0.810. The summed E-state index contributed by atoms with van der Waals surface area (Å²) in [4.78, 5) is 7.48. The van der Waals surface area contributed by atoms with Crippen LogP contribution < -0.4 is 4.74 Å². The van der Waals surface area contributed by atoms with Crippen LogP contribution >= 0.6 is 11.6 Å². The number of ether oxygens (including phenoxy) is 1. The van der Waals surface area contributed by atoms with Gasteiger partial charge in [0, 0.05) is 24.7 Å². The van der Waals surface area contributed by atoms with Crippen LogP contribution in [0, 0.1) is 5.41 Å². The van der Waals surface area contributed by atoms with Crippen LogP contribution in [-0.4, -0.2) is 73.4 Å². The van der Waals surface area contributed by atoms with E-state index in [2.05, 4.69) is 31.9 Å². The van der Waals surface area contributed by atoms with Gasteiger partial charge < -0.3 is 4.74 Å². The highest BCUT2D eigenvalue weighted by molar-refractivity contribution is 6.30. The highest BCUT2D eigenvalue weighted by atomic mass is 35.5. The van der Waals surface area contributed by atoms with Gasteiger partial charge in [0.25, 0.3) is 0 Å². The molecule has 4 saturated heterocycles. The first kappa shape index (κ1) is 18.8. The standard InChI is InChI=1S/C22H24ClN5O/c1-29-20-4-2-3-17(9-20)10-24-25-21(18-5-7-19(23)8-6-18)22-11-26-14-27(12-22)16-28(13-22)15-26/h2-10H,11-16H2,1H3. The number of methoxy groups -OCH3 is 1. The Morgan fingerprint density at radius 3 is 2.28 bits per heavy atom. The lowest BCUT2D eigenvalue weighted by atomic mass is 9.74. The minimum absolute atomic E-state index is 0.0473. The van der Waals surface area contributed by atoms with Crippen LogP contribution in [0.3, 0.4) is 0 Å². The maximum atomic E-state index is 6.14. The summed E-state index contributed by atoms with van der Waals surface area (Å²) in [5, 5.41) is 10.0. The van der Waals surface area contributed by atoms with Crippen LogP contribution in [0.5, 0.6) is 5.75 Å². The minimum atomic E-state index is -0.0473. The van der Waals surface area contributed by atoms with E-state index in [4.69, 9.17) is 21.4 Å². The SMILES string of the molecule is COc1cccc(C=NN=C(c2ccc(Cl)cc2)C23CN4CN(CN(C4)C2)C3)c1. The highest BCUT2D eigenvalue weighted by Gasteiger charge is 2.51. The molecule has 150 valence electrons. The van der Waals surface area contributed by atoms with Gasteiger partial charge in [0.05, 0.1) is 44.5 Å². The van der Waals surface area contributed by atoms with Crippen LogP contribution in [0.2, 0.25) is 5.02 Å². The summed E-state index contributed by atoms with van der Waals surface area (Å²) < 4.78 is 5.30. The molecule has 4 fully saturated rings. The van der Waals surface area contributed by atoms with E-state index in [1.54, 1.807) is 13.3 Å². The van der Waals surface area contributed by atoms with Crippen molar-refractivity contribution in [2.24, 2.45) is 15.6 Å². The fraction of sp³-hybridized carbons (Fsp3) is 0.364. The number of benzene rings is 2. The topological polar surface area (TPSA) is 43.7 Å². The number of halogens is 1. The zero-order valence-corrected chi connectivity index (χ0v) is 17.2. The summed E-state index contributed by atoms with van der Waals surface area (Å²) in [7, 11) is 1.67. The lowest BCUT2D eigenvalue weighted by molar-refractivity contribution is -0.149. The molecular formula is C22H24ClN5O. The van der Waals surface area contributed by atoms with Crippen molar-refractivity contribution < 1.29 is 4.74 Å². The molecule has 0 aliphatic carbocycles. The second-order valence-electron chi connectivity index (χ2n) is 8.17. The van der Waals surface area contributed by atoms with Gasteiger partial charge in [-0.2, -0.15) is 10.2 Å². The van der Waals surface area contributed by atoms with E-state index >= 15 is 0 Å². The van der Waals surface area contributed by atoms with Gasteiger partial charge >= 0.3 is 0 Å². The van der Waals surface area contributed by atoms with Crippen molar-refractivity contribution in [1.29, 1.82) is 0 Å². The molecule has 4 aliphatic rings. The maximum absolute atomic E-state index is 6.14. The fourth-order valence-electron chi connectivity index (χ4n) is 4.89. The molecule has 29 heavy (non-hydrogen) atoms. The summed E-state index contributed by atoms with van der Waals surface area (Å²) in [5.41, 5.74) is 3.04. The van der Waals surface area contributed by atoms with Gasteiger partial charge in [-0.25, -0.2) is 0 Å². The second-order valence-corrected chi connectivity index (χ2v) is 8.60. The molecule has 0 atom stereocenters. The molecule has 7 heteroatoms. The van der Waals surface area contributed by atoms with Crippen molar-refractivity contribution in [3.05, 3.63) is 64.7 Å². The third-order valence-corrected chi connectivity index (χ3v) is 6.11. The van der Waals surface area contributed by atoms with Crippen molar-refractivity contribution in [3.63, 3.8) is 0 Å². The van der Waals surface area contributed by atoms with Gasteiger partial charge in [-0.05, 0) is 35.4 Å².